The van der Waals surface area contributed by atoms with Gasteiger partial charge in [-0.2, -0.15) is 13.8 Å². The summed E-state index contributed by atoms with van der Waals surface area (Å²) in [6, 6.07) is 6.00. The number of H-pyrrole nitrogens is 1. The third-order valence-electron chi connectivity index (χ3n) is 2.62. The zero-order valence-electron chi connectivity index (χ0n) is 11.1. The van der Waals surface area contributed by atoms with Crippen molar-refractivity contribution in [3.8, 4) is 5.75 Å². The zero-order chi connectivity index (χ0) is 15.4. The minimum atomic E-state index is -2.86. The van der Waals surface area contributed by atoms with Crippen molar-refractivity contribution >= 4 is 11.9 Å². The van der Waals surface area contributed by atoms with Gasteiger partial charge in [0.05, 0.1) is 0 Å². The molecule has 0 aliphatic carbocycles. The summed E-state index contributed by atoms with van der Waals surface area (Å²) in [6.45, 7) is -2.59. The maximum absolute atomic E-state index is 12.0. The lowest BCUT2D eigenvalue weighted by molar-refractivity contribution is -0.0498. The molecule has 1 amide bonds. The number of carbonyl (C=O) groups is 1. The van der Waals surface area contributed by atoms with Gasteiger partial charge >= 0.3 is 6.61 Å². The van der Waals surface area contributed by atoms with E-state index in [1.807, 2.05) is 0 Å². The molecular formula is C12H13F2N5O2. The van der Waals surface area contributed by atoms with E-state index in [0.29, 0.717) is 0 Å². The molecular weight excluding hydrogens is 284 g/mol. The lowest BCUT2D eigenvalue weighted by Gasteiger charge is -2.15. The number of nitrogens with one attached hydrogen (secondary N) is 1. The third-order valence-corrected chi connectivity index (χ3v) is 2.62. The number of amides is 1. The fourth-order valence-corrected chi connectivity index (χ4v) is 1.67. The number of aromatic nitrogens is 3. The number of halogens is 2. The Hall–Kier alpha value is -2.71. The number of carbonyl (C=O) groups excluding carboxylic acids is 1. The number of benzene rings is 1. The van der Waals surface area contributed by atoms with Crippen LogP contribution in [0.5, 0.6) is 5.75 Å². The van der Waals surface area contributed by atoms with Gasteiger partial charge in [-0.05, 0) is 17.7 Å². The van der Waals surface area contributed by atoms with E-state index < -0.39 is 6.61 Å². The van der Waals surface area contributed by atoms with E-state index in [2.05, 4.69) is 19.9 Å². The van der Waals surface area contributed by atoms with Crippen LogP contribution >= 0.6 is 0 Å². The molecule has 0 unspecified atom stereocenters. The van der Waals surface area contributed by atoms with Gasteiger partial charge in [0.15, 0.2) is 0 Å². The quantitative estimate of drug-likeness (QED) is 0.866. The first kappa shape index (κ1) is 14.7. The van der Waals surface area contributed by atoms with Gasteiger partial charge in [-0.15, -0.1) is 5.10 Å². The van der Waals surface area contributed by atoms with Crippen molar-refractivity contribution < 1.29 is 18.3 Å². The number of alkyl halides is 2. The molecule has 1 heterocycles. The van der Waals surface area contributed by atoms with Gasteiger partial charge < -0.3 is 15.4 Å². The molecule has 0 fully saturated rings. The van der Waals surface area contributed by atoms with Gasteiger partial charge in [0.2, 0.25) is 11.8 Å². The van der Waals surface area contributed by atoms with Crippen molar-refractivity contribution in [3.05, 3.63) is 35.7 Å². The molecule has 0 bridgehead atoms. The summed E-state index contributed by atoms with van der Waals surface area (Å²) in [4.78, 5) is 17.1. The molecule has 9 heteroatoms. The number of ether oxygens (including phenoxy) is 1. The molecule has 112 valence electrons. The van der Waals surface area contributed by atoms with E-state index in [-0.39, 0.29) is 30.0 Å². The average Bonchev–Trinajstić information content (AvgIpc) is 2.86. The van der Waals surface area contributed by atoms with Crippen LogP contribution in [0.4, 0.5) is 14.7 Å². The molecule has 0 radical (unpaired) electrons. The number of anilines is 1. The molecule has 0 atom stereocenters. The molecule has 1 aromatic carbocycles. The van der Waals surface area contributed by atoms with Gasteiger partial charge in [-0.3, -0.25) is 9.89 Å². The molecule has 0 spiro atoms. The molecule has 0 aliphatic heterocycles. The van der Waals surface area contributed by atoms with E-state index >= 15 is 0 Å². The summed E-state index contributed by atoms with van der Waals surface area (Å²) in [5.74, 6) is -0.300. The maximum atomic E-state index is 12.0. The largest absolute Gasteiger partial charge is 0.435 e. The smallest absolute Gasteiger partial charge is 0.387 e. The second-order valence-electron chi connectivity index (χ2n) is 4.23. The fourth-order valence-electron chi connectivity index (χ4n) is 1.67. The van der Waals surface area contributed by atoms with Gasteiger partial charge in [0.25, 0.3) is 5.91 Å². The number of nitrogens with two attached hydrogens (primary N) is 1. The monoisotopic (exact) mass is 297 g/mol. The first-order valence-corrected chi connectivity index (χ1v) is 5.93. The van der Waals surface area contributed by atoms with Crippen molar-refractivity contribution in [2.24, 2.45) is 0 Å². The summed E-state index contributed by atoms with van der Waals surface area (Å²) < 4.78 is 28.3. The van der Waals surface area contributed by atoms with E-state index in [1.165, 1.54) is 17.0 Å². The normalized spacial score (nSPS) is 10.7. The third kappa shape index (κ3) is 3.88. The summed E-state index contributed by atoms with van der Waals surface area (Å²) in [7, 11) is 1.57. The van der Waals surface area contributed by atoms with E-state index in [9.17, 15) is 13.6 Å². The topological polar surface area (TPSA) is 97.1 Å². The van der Waals surface area contributed by atoms with Crippen molar-refractivity contribution in [3.63, 3.8) is 0 Å². The fraction of sp³-hybridized carbons (Fsp3) is 0.250. The van der Waals surface area contributed by atoms with Crippen molar-refractivity contribution in [1.82, 2.24) is 20.1 Å². The predicted octanol–water partition coefficient (Wildman–Crippen LogP) is 1.26. The molecule has 0 saturated heterocycles. The zero-order valence-corrected chi connectivity index (χ0v) is 11.1. The Morgan fingerprint density at radius 2 is 2.10 bits per heavy atom. The molecule has 0 saturated carbocycles. The van der Waals surface area contributed by atoms with Gasteiger partial charge in [0.1, 0.15) is 5.75 Å². The Bertz CT molecular complexity index is 614. The Balaban J connectivity index is 1.99. The molecule has 1 aromatic heterocycles. The highest BCUT2D eigenvalue weighted by molar-refractivity contribution is 5.90. The molecule has 21 heavy (non-hydrogen) atoms. The highest BCUT2D eigenvalue weighted by Gasteiger charge is 2.16. The van der Waals surface area contributed by atoms with Crippen LogP contribution in [-0.2, 0) is 6.54 Å². The molecule has 0 aliphatic rings. The summed E-state index contributed by atoms with van der Waals surface area (Å²) in [5, 5.41) is 5.99. The minimum absolute atomic E-state index is 0.0137. The van der Waals surface area contributed by atoms with Gasteiger partial charge in [0, 0.05) is 13.6 Å². The number of hydrogen-bond donors (Lipinski definition) is 2. The van der Waals surface area contributed by atoms with Crippen LogP contribution in [0, 0.1) is 0 Å². The number of aromatic amines is 1. The SMILES string of the molecule is CN(Cc1ccc(OC(F)F)cc1)C(=O)c1nc(N)n[nH]1. The van der Waals surface area contributed by atoms with Crippen LogP contribution in [0.2, 0.25) is 0 Å². The van der Waals surface area contributed by atoms with Crippen LogP contribution in [0.25, 0.3) is 0 Å². The lowest BCUT2D eigenvalue weighted by atomic mass is 10.2. The van der Waals surface area contributed by atoms with Crippen LogP contribution in [-0.4, -0.2) is 39.6 Å². The highest BCUT2D eigenvalue weighted by Crippen LogP contribution is 2.16. The lowest BCUT2D eigenvalue weighted by Crippen LogP contribution is -2.27. The molecule has 7 nitrogen and oxygen atoms in total. The summed E-state index contributed by atoms with van der Waals surface area (Å²) >= 11 is 0. The Labute approximate surface area is 118 Å². The standard InChI is InChI=1S/C12H13F2N5O2/c1-19(10(20)9-16-12(15)18-17-9)6-7-2-4-8(5-3-7)21-11(13)14/h2-5,11H,6H2,1H3,(H3,15,16,17,18). The first-order chi connectivity index (χ1) is 9.95. The molecule has 3 N–H and O–H groups in total. The molecule has 2 aromatic rings. The van der Waals surface area contributed by atoms with Crippen LogP contribution in [0.1, 0.15) is 16.2 Å². The Kier molecular flexibility index (Phi) is 4.31. The Morgan fingerprint density at radius 3 is 2.62 bits per heavy atom. The second kappa shape index (κ2) is 6.16. The Morgan fingerprint density at radius 1 is 1.43 bits per heavy atom. The van der Waals surface area contributed by atoms with Crippen LogP contribution < -0.4 is 10.5 Å². The van der Waals surface area contributed by atoms with Crippen LogP contribution in [0.3, 0.4) is 0 Å². The maximum Gasteiger partial charge on any atom is 0.387 e. The van der Waals surface area contributed by atoms with Gasteiger partial charge in [-0.25, -0.2) is 0 Å². The number of nitrogen functional groups attached to an aromatic ring is 1. The van der Waals surface area contributed by atoms with Crippen molar-refractivity contribution in [2.75, 3.05) is 12.8 Å². The minimum Gasteiger partial charge on any atom is -0.435 e. The summed E-state index contributed by atoms with van der Waals surface area (Å²) in [6.07, 6.45) is 0. The van der Waals surface area contributed by atoms with Gasteiger partial charge in [-0.1, -0.05) is 12.1 Å². The van der Waals surface area contributed by atoms with E-state index in [0.717, 1.165) is 5.56 Å². The van der Waals surface area contributed by atoms with Crippen molar-refractivity contribution in [1.29, 1.82) is 0 Å². The van der Waals surface area contributed by atoms with E-state index in [4.69, 9.17) is 5.73 Å². The number of rotatable bonds is 5. The second-order valence-corrected chi connectivity index (χ2v) is 4.23. The first-order valence-electron chi connectivity index (χ1n) is 5.93. The predicted molar refractivity (Wildman–Crippen MR) is 69.7 cm³/mol. The number of nitrogens with zero attached hydrogens (tertiary/aromatic N) is 3. The van der Waals surface area contributed by atoms with E-state index in [1.54, 1.807) is 19.2 Å². The molecule has 2 rings (SSSR count). The van der Waals surface area contributed by atoms with Crippen LogP contribution in [0.15, 0.2) is 24.3 Å². The average molecular weight is 297 g/mol. The number of hydrogen-bond acceptors (Lipinski definition) is 5. The summed E-state index contributed by atoms with van der Waals surface area (Å²) in [5.41, 5.74) is 6.08. The van der Waals surface area contributed by atoms with Crippen molar-refractivity contribution in [2.45, 2.75) is 13.2 Å². The highest BCUT2D eigenvalue weighted by atomic mass is 19.3.